The summed E-state index contributed by atoms with van der Waals surface area (Å²) in [5, 5.41) is 8.59. The van der Waals surface area contributed by atoms with Crippen LogP contribution in [0.25, 0.3) is 11.4 Å². The van der Waals surface area contributed by atoms with Crippen molar-refractivity contribution in [1.29, 1.82) is 5.26 Å². The number of rotatable bonds is 1. The minimum atomic E-state index is 0.662. The van der Waals surface area contributed by atoms with E-state index in [-0.39, 0.29) is 0 Å². The van der Waals surface area contributed by atoms with E-state index in [1.54, 1.807) is 24.5 Å². The van der Waals surface area contributed by atoms with Crippen molar-refractivity contribution in [3.8, 4) is 17.5 Å². The molecule has 1 N–H and O–H groups in total. The molecule has 13 heavy (non-hydrogen) atoms. The number of imidazole rings is 1. The van der Waals surface area contributed by atoms with E-state index in [0.29, 0.717) is 5.56 Å². The summed E-state index contributed by atoms with van der Waals surface area (Å²) in [6.07, 6.45) is 3.47. The van der Waals surface area contributed by atoms with Crippen molar-refractivity contribution in [3.05, 3.63) is 42.2 Å². The predicted octanol–water partition coefficient (Wildman–Crippen LogP) is 1.95. The van der Waals surface area contributed by atoms with Gasteiger partial charge in [-0.25, -0.2) is 4.98 Å². The molecule has 0 saturated carbocycles. The Morgan fingerprint density at radius 1 is 1.23 bits per heavy atom. The molecule has 1 heterocycles. The van der Waals surface area contributed by atoms with Crippen molar-refractivity contribution in [2.75, 3.05) is 0 Å². The lowest BCUT2D eigenvalue weighted by Crippen LogP contribution is -1.80. The maximum atomic E-state index is 8.59. The van der Waals surface area contributed by atoms with Gasteiger partial charge in [0.25, 0.3) is 0 Å². The largest absolute Gasteiger partial charge is 0.345 e. The Morgan fingerprint density at radius 3 is 2.54 bits per heavy atom. The zero-order valence-electron chi connectivity index (χ0n) is 6.86. The van der Waals surface area contributed by atoms with Crippen LogP contribution in [0.15, 0.2) is 36.7 Å². The van der Waals surface area contributed by atoms with Crippen molar-refractivity contribution in [1.82, 2.24) is 9.97 Å². The Labute approximate surface area is 75.7 Å². The Kier molecular flexibility index (Phi) is 1.81. The first-order chi connectivity index (χ1) is 6.40. The summed E-state index contributed by atoms with van der Waals surface area (Å²) in [5.41, 5.74) is 1.65. The van der Waals surface area contributed by atoms with Crippen LogP contribution in [-0.4, -0.2) is 9.97 Å². The molecule has 0 aliphatic carbocycles. The number of nitrogens with one attached hydrogen (secondary N) is 1. The number of aromatic amines is 1. The third-order valence-corrected chi connectivity index (χ3v) is 1.79. The monoisotopic (exact) mass is 169 g/mol. The van der Waals surface area contributed by atoms with Gasteiger partial charge in [-0.2, -0.15) is 5.26 Å². The second-order valence-corrected chi connectivity index (χ2v) is 2.63. The standard InChI is InChI=1S/C10H7N3/c11-7-8-1-3-9(4-2-8)10-12-5-6-13-10/h1-6H,(H,12,13). The van der Waals surface area contributed by atoms with Crippen LogP contribution in [-0.2, 0) is 0 Å². The molecule has 1 aromatic heterocycles. The fraction of sp³-hybridized carbons (Fsp3) is 0. The molecule has 0 radical (unpaired) electrons. The summed E-state index contributed by atoms with van der Waals surface area (Å²) in [6.45, 7) is 0. The molecule has 0 fully saturated rings. The molecular formula is C10H7N3. The van der Waals surface area contributed by atoms with E-state index < -0.39 is 0 Å². The van der Waals surface area contributed by atoms with Gasteiger partial charge in [0, 0.05) is 18.0 Å². The van der Waals surface area contributed by atoms with Crippen LogP contribution in [0.2, 0.25) is 0 Å². The molecule has 0 atom stereocenters. The zero-order chi connectivity index (χ0) is 9.10. The molecule has 2 rings (SSSR count). The molecule has 3 heteroatoms. The summed E-state index contributed by atoms with van der Waals surface area (Å²) in [4.78, 5) is 7.10. The number of benzene rings is 1. The Morgan fingerprint density at radius 2 is 2.00 bits per heavy atom. The summed E-state index contributed by atoms with van der Waals surface area (Å²) >= 11 is 0. The summed E-state index contributed by atoms with van der Waals surface area (Å²) in [7, 11) is 0. The Hall–Kier alpha value is -2.08. The Balaban J connectivity index is 2.40. The molecule has 1 aromatic carbocycles. The van der Waals surface area contributed by atoms with Gasteiger partial charge < -0.3 is 4.98 Å². The van der Waals surface area contributed by atoms with E-state index in [1.165, 1.54) is 0 Å². The average molecular weight is 169 g/mol. The fourth-order valence-electron chi connectivity index (χ4n) is 1.13. The van der Waals surface area contributed by atoms with Crippen molar-refractivity contribution < 1.29 is 0 Å². The minimum Gasteiger partial charge on any atom is -0.345 e. The maximum absolute atomic E-state index is 8.59. The normalized spacial score (nSPS) is 9.46. The molecule has 0 saturated heterocycles. The molecule has 3 nitrogen and oxygen atoms in total. The third kappa shape index (κ3) is 1.42. The van der Waals surface area contributed by atoms with E-state index in [1.807, 2.05) is 12.1 Å². The van der Waals surface area contributed by atoms with Gasteiger partial charge >= 0.3 is 0 Å². The lowest BCUT2D eigenvalue weighted by molar-refractivity contribution is 1.31. The number of aromatic nitrogens is 2. The lowest BCUT2D eigenvalue weighted by Gasteiger charge is -1.95. The molecular weight excluding hydrogens is 162 g/mol. The molecule has 0 spiro atoms. The fourth-order valence-corrected chi connectivity index (χ4v) is 1.13. The average Bonchev–Trinajstić information content (AvgIpc) is 2.71. The highest BCUT2D eigenvalue weighted by Gasteiger charge is 1.98. The van der Waals surface area contributed by atoms with Gasteiger partial charge in [0.05, 0.1) is 11.6 Å². The van der Waals surface area contributed by atoms with E-state index in [0.717, 1.165) is 11.4 Å². The van der Waals surface area contributed by atoms with Gasteiger partial charge in [-0.1, -0.05) is 0 Å². The van der Waals surface area contributed by atoms with Gasteiger partial charge in [0.2, 0.25) is 0 Å². The summed E-state index contributed by atoms with van der Waals surface area (Å²) in [5.74, 6) is 0.824. The second kappa shape index (κ2) is 3.11. The second-order valence-electron chi connectivity index (χ2n) is 2.63. The van der Waals surface area contributed by atoms with Gasteiger partial charge in [-0.3, -0.25) is 0 Å². The molecule has 0 aliphatic heterocycles. The highest BCUT2D eigenvalue weighted by atomic mass is 14.9. The number of nitrogens with zero attached hydrogens (tertiary/aromatic N) is 2. The molecule has 0 amide bonds. The zero-order valence-corrected chi connectivity index (χ0v) is 6.86. The minimum absolute atomic E-state index is 0.662. The molecule has 2 aromatic rings. The molecule has 62 valence electrons. The third-order valence-electron chi connectivity index (χ3n) is 1.79. The van der Waals surface area contributed by atoms with Crippen LogP contribution in [0.1, 0.15) is 5.56 Å². The van der Waals surface area contributed by atoms with Crippen molar-refractivity contribution >= 4 is 0 Å². The van der Waals surface area contributed by atoms with Gasteiger partial charge in [-0.05, 0) is 24.3 Å². The molecule has 0 aliphatic rings. The molecule has 0 unspecified atom stereocenters. The van der Waals surface area contributed by atoms with E-state index in [9.17, 15) is 0 Å². The maximum Gasteiger partial charge on any atom is 0.137 e. The smallest absolute Gasteiger partial charge is 0.137 e. The number of H-pyrrole nitrogens is 1. The highest BCUT2D eigenvalue weighted by molar-refractivity contribution is 5.56. The van der Waals surface area contributed by atoms with Crippen LogP contribution in [0, 0.1) is 11.3 Å². The first kappa shape index (κ1) is 7.56. The lowest BCUT2D eigenvalue weighted by atomic mass is 10.1. The number of nitriles is 1. The van der Waals surface area contributed by atoms with E-state index >= 15 is 0 Å². The topological polar surface area (TPSA) is 52.5 Å². The van der Waals surface area contributed by atoms with Crippen LogP contribution in [0.5, 0.6) is 0 Å². The van der Waals surface area contributed by atoms with Gasteiger partial charge in [0.15, 0.2) is 0 Å². The van der Waals surface area contributed by atoms with Gasteiger partial charge in [-0.15, -0.1) is 0 Å². The summed E-state index contributed by atoms with van der Waals surface area (Å²) < 4.78 is 0. The van der Waals surface area contributed by atoms with Gasteiger partial charge in [0.1, 0.15) is 5.82 Å². The first-order valence-electron chi connectivity index (χ1n) is 3.90. The highest BCUT2D eigenvalue weighted by Crippen LogP contribution is 2.14. The van der Waals surface area contributed by atoms with Crippen molar-refractivity contribution in [3.63, 3.8) is 0 Å². The van der Waals surface area contributed by atoms with Crippen LogP contribution >= 0.6 is 0 Å². The predicted molar refractivity (Wildman–Crippen MR) is 48.7 cm³/mol. The van der Waals surface area contributed by atoms with Crippen molar-refractivity contribution in [2.45, 2.75) is 0 Å². The first-order valence-corrected chi connectivity index (χ1v) is 3.90. The number of hydrogen-bond donors (Lipinski definition) is 1. The summed E-state index contributed by atoms with van der Waals surface area (Å²) in [6, 6.07) is 9.36. The quantitative estimate of drug-likeness (QED) is 0.709. The Bertz CT molecular complexity index is 420. The van der Waals surface area contributed by atoms with Crippen molar-refractivity contribution in [2.24, 2.45) is 0 Å². The van der Waals surface area contributed by atoms with Crippen LogP contribution < -0.4 is 0 Å². The number of hydrogen-bond acceptors (Lipinski definition) is 2. The van der Waals surface area contributed by atoms with Crippen LogP contribution in [0.3, 0.4) is 0 Å². The molecule has 0 bridgehead atoms. The van der Waals surface area contributed by atoms with E-state index in [2.05, 4.69) is 16.0 Å². The SMILES string of the molecule is N#Cc1ccc(-c2ncc[nH]2)cc1. The van der Waals surface area contributed by atoms with E-state index in [4.69, 9.17) is 5.26 Å². The van der Waals surface area contributed by atoms with Crippen LogP contribution in [0.4, 0.5) is 0 Å².